The zero-order chi connectivity index (χ0) is 19.2. The van der Waals surface area contributed by atoms with E-state index in [2.05, 4.69) is 31.9 Å². The Morgan fingerprint density at radius 3 is 2.37 bits per heavy atom. The van der Waals surface area contributed by atoms with Crippen molar-refractivity contribution in [3.05, 3.63) is 82.5 Å². The maximum Gasteiger partial charge on any atom is 0.319 e. The van der Waals surface area contributed by atoms with Gasteiger partial charge in [-0.2, -0.15) is 0 Å². The Morgan fingerprint density at radius 2 is 1.70 bits per heavy atom. The molecule has 138 valence electrons. The second kappa shape index (κ2) is 8.50. The van der Waals surface area contributed by atoms with Crippen molar-refractivity contribution in [2.75, 3.05) is 10.6 Å². The lowest BCUT2D eigenvalue weighted by Crippen LogP contribution is -2.27. The van der Waals surface area contributed by atoms with Crippen LogP contribution in [0.4, 0.5) is 20.6 Å². The molecule has 1 aromatic heterocycles. The Labute approximate surface area is 162 Å². The van der Waals surface area contributed by atoms with Gasteiger partial charge >= 0.3 is 6.03 Å². The molecule has 2 aromatic carbocycles. The quantitative estimate of drug-likeness (QED) is 0.544. The summed E-state index contributed by atoms with van der Waals surface area (Å²) < 4.78 is 19.5. The van der Waals surface area contributed by atoms with E-state index in [0.717, 1.165) is 0 Å². The molecule has 0 aliphatic carbocycles. The zero-order valence-corrected chi connectivity index (χ0v) is 15.5. The molecule has 0 aliphatic heterocycles. The first-order chi connectivity index (χ1) is 13.0. The van der Waals surface area contributed by atoms with Gasteiger partial charge in [0.05, 0.1) is 18.4 Å². The highest BCUT2D eigenvalue weighted by atomic mass is 79.9. The van der Waals surface area contributed by atoms with Gasteiger partial charge in [-0.15, -0.1) is 0 Å². The number of urea groups is 1. The molecular formula is C19H15BrFN3O3. The van der Waals surface area contributed by atoms with E-state index < -0.39 is 11.7 Å². The second-order valence-electron chi connectivity index (χ2n) is 5.54. The fraction of sp³-hybridized carbons (Fsp3) is 0.0526. The highest BCUT2D eigenvalue weighted by Crippen LogP contribution is 2.18. The number of benzene rings is 2. The van der Waals surface area contributed by atoms with Gasteiger partial charge in [0.25, 0.3) is 5.91 Å². The third-order valence-electron chi connectivity index (χ3n) is 3.58. The van der Waals surface area contributed by atoms with Gasteiger partial charge in [0.2, 0.25) is 0 Å². The minimum absolute atomic E-state index is 0.0659. The molecule has 0 saturated carbocycles. The van der Waals surface area contributed by atoms with E-state index in [1.165, 1.54) is 24.5 Å². The van der Waals surface area contributed by atoms with Gasteiger partial charge in [0.1, 0.15) is 11.6 Å². The summed E-state index contributed by atoms with van der Waals surface area (Å²) in [7, 11) is 0. The maximum atomic E-state index is 13.8. The van der Waals surface area contributed by atoms with E-state index >= 15 is 0 Å². The van der Waals surface area contributed by atoms with Gasteiger partial charge in [0, 0.05) is 15.8 Å². The second-order valence-corrected chi connectivity index (χ2v) is 6.46. The van der Waals surface area contributed by atoms with Crippen LogP contribution in [-0.4, -0.2) is 11.9 Å². The predicted octanol–water partition coefficient (Wildman–Crippen LogP) is 4.76. The molecule has 3 amide bonds. The monoisotopic (exact) mass is 431 g/mol. The van der Waals surface area contributed by atoms with Gasteiger partial charge in [-0.05, 0) is 54.6 Å². The van der Waals surface area contributed by atoms with Gasteiger partial charge in [0.15, 0.2) is 0 Å². The Balaban J connectivity index is 1.56. The average Bonchev–Trinajstić information content (AvgIpc) is 3.17. The first-order valence-corrected chi connectivity index (χ1v) is 8.74. The number of hydrogen-bond acceptors (Lipinski definition) is 3. The standard InChI is InChI=1S/C19H15BrFN3O3/c20-12-3-8-17(21)16(10-12)18(25)23-13-4-6-14(7-5-13)24-19(26)22-11-15-2-1-9-27-15/h1-10H,11H2,(H,23,25)(H2,22,24,26). The number of carbonyl (C=O) groups is 2. The molecule has 8 heteroatoms. The van der Waals surface area contributed by atoms with Crippen LogP contribution in [0.5, 0.6) is 0 Å². The number of furan rings is 1. The van der Waals surface area contributed by atoms with Gasteiger partial charge < -0.3 is 20.4 Å². The molecule has 27 heavy (non-hydrogen) atoms. The lowest BCUT2D eigenvalue weighted by molar-refractivity contribution is 0.102. The van der Waals surface area contributed by atoms with Crippen LogP contribution in [0.3, 0.4) is 0 Å². The van der Waals surface area contributed by atoms with E-state index in [1.54, 1.807) is 36.4 Å². The number of rotatable bonds is 5. The van der Waals surface area contributed by atoms with E-state index in [4.69, 9.17) is 4.42 Å². The van der Waals surface area contributed by atoms with Crippen molar-refractivity contribution in [2.24, 2.45) is 0 Å². The van der Waals surface area contributed by atoms with Crippen molar-refractivity contribution < 1.29 is 18.4 Å². The molecule has 1 heterocycles. The van der Waals surface area contributed by atoms with Crippen LogP contribution in [0.25, 0.3) is 0 Å². The number of hydrogen-bond donors (Lipinski definition) is 3. The number of anilines is 2. The van der Waals surface area contributed by atoms with Crippen molar-refractivity contribution in [2.45, 2.75) is 6.54 Å². The molecule has 3 aromatic rings. The number of carbonyl (C=O) groups excluding carboxylic acids is 2. The van der Waals surface area contributed by atoms with Crippen LogP contribution in [-0.2, 0) is 6.54 Å². The fourth-order valence-corrected chi connectivity index (χ4v) is 2.62. The molecule has 0 spiro atoms. The lowest BCUT2D eigenvalue weighted by atomic mass is 10.2. The number of halogens is 2. The summed E-state index contributed by atoms with van der Waals surface area (Å²) in [6.45, 7) is 0.269. The summed E-state index contributed by atoms with van der Waals surface area (Å²) >= 11 is 3.21. The molecule has 3 N–H and O–H groups in total. The van der Waals surface area contributed by atoms with Crippen LogP contribution >= 0.6 is 15.9 Å². The Kier molecular flexibility index (Phi) is 5.87. The van der Waals surface area contributed by atoms with E-state index in [-0.39, 0.29) is 18.1 Å². The molecule has 0 atom stereocenters. The molecule has 6 nitrogen and oxygen atoms in total. The van der Waals surface area contributed by atoms with Crippen molar-refractivity contribution >= 4 is 39.2 Å². The van der Waals surface area contributed by atoms with Crippen LogP contribution in [0.1, 0.15) is 16.1 Å². The molecule has 0 bridgehead atoms. The van der Waals surface area contributed by atoms with E-state index in [1.807, 2.05) is 0 Å². The van der Waals surface area contributed by atoms with Gasteiger partial charge in [-0.3, -0.25) is 4.79 Å². The molecule has 0 saturated heterocycles. The Morgan fingerprint density at radius 1 is 1.00 bits per heavy atom. The number of amides is 3. The van der Waals surface area contributed by atoms with Gasteiger partial charge in [-0.25, -0.2) is 9.18 Å². The summed E-state index contributed by atoms with van der Waals surface area (Å²) in [5.74, 6) is -0.532. The topological polar surface area (TPSA) is 83.4 Å². The molecule has 0 radical (unpaired) electrons. The third kappa shape index (κ3) is 5.18. The molecule has 0 fully saturated rings. The smallest absolute Gasteiger partial charge is 0.319 e. The normalized spacial score (nSPS) is 10.3. The minimum atomic E-state index is -0.609. The molecule has 3 rings (SSSR count). The van der Waals surface area contributed by atoms with Crippen molar-refractivity contribution in [3.8, 4) is 0 Å². The zero-order valence-electron chi connectivity index (χ0n) is 14.0. The van der Waals surface area contributed by atoms with Gasteiger partial charge in [-0.1, -0.05) is 15.9 Å². The summed E-state index contributed by atoms with van der Waals surface area (Å²) in [6.07, 6.45) is 1.53. The minimum Gasteiger partial charge on any atom is -0.467 e. The third-order valence-corrected chi connectivity index (χ3v) is 4.07. The molecular weight excluding hydrogens is 417 g/mol. The first-order valence-electron chi connectivity index (χ1n) is 7.95. The summed E-state index contributed by atoms with van der Waals surface area (Å²) in [5.41, 5.74) is 0.948. The number of nitrogens with one attached hydrogen (secondary N) is 3. The Hall–Kier alpha value is -3.13. The van der Waals surface area contributed by atoms with E-state index in [0.29, 0.717) is 21.6 Å². The summed E-state index contributed by atoms with van der Waals surface area (Å²) in [5, 5.41) is 7.93. The largest absolute Gasteiger partial charge is 0.467 e. The fourth-order valence-electron chi connectivity index (χ4n) is 2.26. The summed E-state index contributed by atoms with van der Waals surface area (Å²) in [6, 6.07) is 13.7. The van der Waals surface area contributed by atoms with Crippen LogP contribution < -0.4 is 16.0 Å². The van der Waals surface area contributed by atoms with Crippen LogP contribution in [0.2, 0.25) is 0 Å². The highest BCUT2D eigenvalue weighted by molar-refractivity contribution is 9.10. The Bertz CT molecular complexity index is 943. The van der Waals surface area contributed by atoms with Crippen molar-refractivity contribution in [1.82, 2.24) is 5.32 Å². The maximum absolute atomic E-state index is 13.8. The SMILES string of the molecule is O=C(NCc1ccco1)Nc1ccc(NC(=O)c2cc(Br)ccc2F)cc1. The average molecular weight is 432 g/mol. The van der Waals surface area contributed by atoms with Crippen molar-refractivity contribution in [3.63, 3.8) is 0 Å². The summed E-state index contributed by atoms with van der Waals surface area (Å²) in [4.78, 5) is 24.0. The highest BCUT2D eigenvalue weighted by Gasteiger charge is 2.12. The van der Waals surface area contributed by atoms with Crippen molar-refractivity contribution in [1.29, 1.82) is 0 Å². The van der Waals surface area contributed by atoms with E-state index in [9.17, 15) is 14.0 Å². The predicted molar refractivity (Wildman–Crippen MR) is 103 cm³/mol. The van der Waals surface area contributed by atoms with Crippen LogP contribution in [0.15, 0.2) is 69.8 Å². The molecule has 0 unspecified atom stereocenters. The van der Waals surface area contributed by atoms with Crippen LogP contribution in [0, 0.1) is 5.82 Å². The molecule has 0 aliphatic rings. The lowest BCUT2D eigenvalue weighted by Gasteiger charge is -2.09. The first kappa shape index (κ1) is 18.7.